The zero-order valence-electron chi connectivity index (χ0n) is 10.1. The smallest absolute Gasteiger partial charge is 0.141 e. The molecular formula is C13H11Cl2FN2O. The van der Waals surface area contributed by atoms with Crippen LogP contribution >= 0.6 is 23.2 Å². The number of hydrogen-bond donors (Lipinski definition) is 1. The molecule has 0 saturated heterocycles. The van der Waals surface area contributed by atoms with E-state index >= 15 is 0 Å². The van der Waals surface area contributed by atoms with Crippen molar-refractivity contribution in [2.45, 2.75) is 6.54 Å². The molecule has 2 aromatic rings. The molecule has 0 radical (unpaired) electrons. The maximum atomic E-state index is 13.1. The Kier molecular flexibility index (Phi) is 4.12. The fourth-order valence-electron chi connectivity index (χ4n) is 1.66. The van der Waals surface area contributed by atoms with Gasteiger partial charge in [0.05, 0.1) is 16.2 Å². The molecule has 1 aromatic carbocycles. The first-order valence-electron chi connectivity index (χ1n) is 5.46. The summed E-state index contributed by atoms with van der Waals surface area (Å²) in [5.74, 6) is -0.448. The van der Waals surface area contributed by atoms with Gasteiger partial charge in [0.2, 0.25) is 0 Å². The van der Waals surface area contributed by atoms with Gasteiger partial charge >= 0.3 is 0 Å². The van der Waals surface area contributed by atoms with Crippen LogP contribution in [0.4, 0.5) is 10.1 Å². The van der Waals surface area contributed by atoms with Crippen LogP contribution in [0.25, 0.3) is 0 Å². The lowest BCUT2D eigenvalue weighted by Crippen LogP contribution is -2.16. The van der Waals surface area contributed by atoms with Gasteiger partial charge in [-0.15, -0.1) is 0 Å². The number of pyridine rings is 1. The first-order valence-corrected chi connectivity index (χ1v) is 6.22. The van der Waals surface area contributed by atoms with E-state index in [1.54, 1.807) is 18.0 Å². The molecule has 0 aliphatic carbocycles. The third-order valence-corrected chi connectivity index (χ3v) is 3.34. The Morgan fingerprint density at radius 3 is 2.63 bits per heavy atom. The first-order chi connectivity index (χ1) is 8.99. The van der Waals surface area contributed by atoms with Crippen molar-refractivity contribution < 1.29 is 9.50 Å². The molecule has 0 fully saturated rings. The standard InChI is InChI=1S/C13H11Cl2FN2O/c1-18(8-2-3-12(16)10(14)4-8)7-9-11(15)5-17-6-13(9)19/h2-6,19H,7H2,1H3. The normalized spacial score (nSPS) is 10.5. The van der Waals surface area contributed by atoms with Crippen molar-refractivity contribution in [1.82, 2.24) is 4.98 Å². The molecule has 2 rings (SSSR count). The van der Waals surface area contributed by atoms with Crippen LogP contribution in [0.5, 0.6) is 5.75 Å². The Labute approximate surface area is 120 Å². The third-order valence-electron chi connectivity index (χ3n) is 2.72. The summed E-state index contributed by atoms with van der Waals surface area (Å²) in [5.41, 5.74) is 1.28. The summed E-state index contributed by atoms with van der Waals surface area (Å²) in [6.45, 7) is 0.356. The fourth-order valence-corrected chi connectivity index (χ4v) is 2.05. The zero-order chi connectivity index (χ0) is 14.0. The summed E-state index contributed by atoms with van der Waals surface area (Å²) >= 11 is 11.7. The maximum absolute atomic E-state index is 13.1. The molecule has 0 aliphatic heterocycles. The van der Waals surface area contributed by atoms with E-state index in [1.165, 1.54) is 24.5 Å². The van der Waals surface area contributed by atoms with Crippen LogP contribution < -0.4 is 4.90 Å². The predicted molar refractivity (Wildman–Crippen MR) is 74.4 cm³/mol. The molecule has 1 N–H and O–H groups in total. The lowest BCUT2D eigenvalue weighted by molar-refractivity contribution is 0.465. The number of aromatic hydroxyl groups is 1. The number of halogens is 3. The number of anilines is 1. The van der Waals surface area contributed by atoms with Crippen LogP contribution in [0.15, 0.2) is 30.6 Å². The van der Waals surface area contributed by atoms with E-state index in [0.717, 1.165) is 5.69 Å². The number of hydrogen-bond acceptors (Lipinski definition) is 3. The van der Waals surface area contributed by atoms with Gasteiger partial charge < -0.3 is 10.0 Å². The molecule has 6 heteroatoms. The van der Waals surface area contributed by atoms with E-state index in [-0.39, 0.29) is 10.8 Å². The minimum absolute atomic E-state index is 0.0209. The Balaban J connectivity index is 2.25. The van der Waals surface area contributed by atoms with Gasteiger partial charge in [-0.3, -0.25) is 4.98 Å². The molecule has 0 bridgehead atoms. The molecule has 0 atom stereocenters. The summed E-state index contributed by atoms with van der Waals surface area (Å²) in [7, 11) is 1.79. The Morgan fingerprint density at radius 2 is 2.00 bits per heavy atom. The third kappa shape index (κ3) is 3.08. The quantitative estimate of drug-likeness (QED) is 0.935. The summed E-state index contributed by atoms with van der Waals surface area (Å²) in [4.78, 5) is 5.58. The lowest BCUT2D eigenvalue weighted by Gasteiger charge is -2.20. The van der Waals surface area contributed by atoms with Gasteiger partial charge in [-0.25, -0.2) is 4.39 Å². The molecule has 0 aliphatic rings. The predicted octanol–water partition coefficient (Wildman–Crippen LogP) is 3.87. The number of nitrogens with zero attached hydrogens (tertiary/aromatic N) is 2. The molecule has 1 aromatic heterocycles. The Bertz CT molecular complexity index is 587. The first kappa shape index (κ1) is 13.9. The van der Waals surface area contributed by atoms with E-state index < -0.39 is 5.82 Å². The van der Waals surface area contributed by atoms with Crippen molar-refractivity contribution in [3.05, 3.63) is 52.0 Å². The van der Waals surface area contributed by atoms with Crippen molar-refractivity contribution in [1.29, 1.82) is 0 Å². The topological polar surface area (TPSA) is 36.4 Å². The molecule has 100 valence electrons. The summed E-state index contributed by atoms with van der Waals surface area (Å²) in [6, 6.07) is 4.42. The van der Waals surface area contributed by atoms with Gasteiger partial charge in [-0.05, 0) is 18.2 Å². The van der Waals surface area contributed by atoms with Crippen LogP contribution in [-0.4, -0.2) is 17.1 Å². The lowest BCUT2D eigenvalue weighted by atomic mass is 10.2. The molecule has 0 spiro atoms. The van der Waals surface area contributed by atoms with Crippen LogP contribution in [0.3, 0.4) is 0 Å². The minimum Gasteiger partial charge on any atom is -0.506 e. The van der Waals surface area contributed by atoms with Crippen molar-refractivity contribution >= 4 is 28.9 Å². The molecule has 0 saturated carbocycles. The highest BCUT2D eigenvalue weighted by Gasteiger charge is 2.11. The van der Waals surface area contributed by atoms with Gasteiger partial charge in [0, 0.05) is 31.0 Å². The largest absolute Gasteiger partial charge is 0.506 e. The highest BCUT2D eigenvalue weighted by molar-refractivity contribution is 6.31. The number of rotatable bonds is 3. The van der Waals surface area contributed by atoms with Gasteiger partial charge in [0.25, 0.3) is 0 Å². The molecular weight excluding hydrogens is 290 g/mol. The summed E-state index contributed by atoms with van der Waals surface area (Å²) in [5, 5.41) is 10.2. The average molecular weight is 301 g/mol. The van der Waals surface area contributed by atoms with Crippen LogP contribution in [0.2, 0.25) is 10.0 Å². The van der Waals surface area contributed by atoms with Crippen LogP contribution in [-0.2, 0) is 6.54 Å². The Hall–Kier alpha value is -1.52. The molecule has 3 nitrogen and oxygen atoms in total. The van der Waals surface area contributed by atoms with E-state index in [9.17, 15) is 9.50 Å². The minimum atomic E-state index is -0.469. The molecule has 19 heavy (non-hydrogen) atoms. The van der Waals surface area contributed by atoms with Crippen molar-refractivity contribution in [2.75, 3.05) is 11.9 Å². The fraction of sp³-hybridized carbons (Fsp3) is 0.154. The molecule has 1 heterocycles. The van der Waals surface area contributed by atoms with E-state index in [4.69, 9.17) is 23.2 Å². The van der Waals surface area contributed by atoms with E-state index in [0.29, 0.717) is 17.1 Å². The maximum Gasteiger partial charge on any atom is 0.141 e. The SMILES string of the molecule is CN(Cc1c(O)cncc1Cl)c1ccc(F)c(Cl)c1. The second-order valence-electron chi connectivity index (χ2n) is 4.07. The van der Waals surface area contributed by atoms with E-state index in [2.05, 4.69) is 4.98 Å². The molecule has 0 unspecified atom stereocenters. The monoisotopic (exact) mass is 300 g/mol. The Morgan fingerprint density at radius 1 is 1.26 bits per heavy atom. The summed E-state index contributed by atoms with van der Waals surface area (Å²) in [6.07, 6.45) is 2.79. The van der Waals surface area contributed by atoms with Crippen molar-refractivity contribution in [2.24, 2.45) is 0 Å². The van der Waals surface area contributed by atoms with Crippen molar-refractivity contribution in [3.63, 3.8) is 0 Å². The second kappa shape index (κ2) is 5.63. The van der Waals surface area contributed by atoms with Gasteiger partial charge in [0.15, 0.2) is 0 Å². The zero-order valence-corrected chi connectivity index (χ0v) is 11.6. The van der Waals surface area contributed by atoms with Crippen molar-refractivity contribution in [3.8, 4) is 5.75 Å². The highest BCUT2D eigenvalue weighted by Crippen LogP contribution is 2.28. The van der Waals surface area contributed by atoms with E-state index in [1.807, 2.05) is 0 Å². The van der Waals surface area contributed by atoms with Crippen LogP contribution in [0, 0.1) is 5.82 Å². The highest BCUT2D eigenvalue weighted by atomic mass is 35.5. The summed E-state index contributed by atoms with van der Waals surface area (Å²) < 4.78 is 13.1. The van der Waals surface area contributed by atoms with Gasteiger partial charge in [-0.1, -0.05) is 23.2 Å². The average Bonchev–Trinajstić information content (AvgIpc) is 2.37. The van der Waals surface area contributed by atoms with Crippen LogP contribution in [0.1, 0.15) is 5.56 Å². The number of aromatic nitrogens is 1. The van der Waals surface area contributed by atoms with Gasteiger partial charge in [0.1, 0.15) is 11.6 Å². The number of benzene rings is 1. The van der Waals surface area contributed by atoms with Gasteiger partial charge in [-0.2, -0.15) is 0 Å². The molecule has 0 amide bonds. The second-order valence-corrected chi connectivity index (χ2v) is 4.89.